The summed E-state index contributed by atoms with van der Waals surface area (Å²) in [5, 5.41) is 0. The lowest BCUT2D eigenvalue weighted by molar-refractivity contribution is 0.0978. The van der Waals surface area contributed by atoms with Crippen molar-refractivity contribution in [3.05, 3.63) is 41.8 Å². The number of ketones is 1. The summed E-state index contributed by atoms with van der Waals surface area (Å²) in [7, 11) is 0. The number of Topliss-reactive ketones (excluding diaryl/α,β-unsaturated/α-hetero) is 1. The van der Waals surface area contributed by atoms with Crippen LogP contribution in [0.2, 0.25) is 0 Å². The molecule has 2 heteroatoms. The number of rotatable bonds is 10. The molecule has 0 aromatic heterocycles. The molecular formula is C21H32NO. The van der Waals surface area contributed by atoms with E-state index in [2.05, 4.69) is 30.4 Å². The minimum absolute atomic E-state index is 0.305. The lowest BCUT2D eigenvalue weighted by Gasteiger charge is -2.26. The number of nitrogens with zero attached hydrogens (tertiary/aromatic N) is 1. The number of piperidine rings is 1. The fourth-order valence-electron chi connectivity index (χ4n) is 3.21. The molecule has 1 radical (unpaired) electrons. The largest absolute Gasteiger partial charge is 0.303 e. The molecule has 0 spiro atoms. The summed E-state index contributed by atoms with van der Waals surface area (Å²) in [5.74, 6) is 0.305. The summed E-state index contributed by atoms with van der Waals surface area (Å²) in [6.07, 6.45) is 12.6. The first-order valence-electron chi connectivity index (χ1n) is 9.45. The third-order valence-electron chi connectivity index (χ3n) is 4.77. The molecule has 2 rings (SSSR count). The smallest absolute Gasteiger partial charge is 0.162 e. The first kappa shape index (κ1) is 18.2. The van der Waals surface area contributed by atoms with Crippen LogP contribution in [0.5, 0.6) is 0 Å². The first-order valence-corrected chi connectivity index (χ1v) is 9.45. The second-order valence-corrected chi connectivity index (χ2v) is 6.74. The van der Waals surface area contributed by atoms with Crippen LogP contribution in [0, 0.1) is 6.42 Å². The topological polar surface area (TPSA) is 20.3 Å². The highest BCUT2D eigenvalue weighted by Gasteiger charge is 2.10. The molecule has 0 bridgehead atoms. The third kappa shape index (κ3) is 6.87. The van der Waals surface area contributed by atoms with Crippen molar-refractivity contribution in [2.75, 3.05) is 19.6 Å². The molecular weight excluding hydrogens is 282 g/mol. The molecule has 127 valence electrons. The number of carbonyl (C=O) groups is 1. The van der Waals surface area contributed by atoms with Gasteiger partial charge in [-0.3, -0.25) is 4.79 Å². The average molecular weight is 314 g/mol. The number of unbranched alkanes of at least 4 members (excludes halogenated alkanes) is 3. The highest BCUT2D eigenvalue weighted by molar-refractivity contribution is 5.96. The van der Waals surface area contributed by atoms with E-state index in [1.807, 2.05) is 12.1 Å². The average Bonchev–Trinajstić information content (AvgIpc) is 2.61. The fraction of sp³-hybridized carbons (Fsp3) is 0.619. The van der Waals surface area contributed by atoms with E-state index in [0.29, 0.717) is 12.2 Å². The Morgan fingerprint density at radius 2 is 1.74 bits per heavy atom. The van der Waals surface area contributed by atoms with Gasteiger partial charge < -0.3 is 4.90 Å². The number of carbonyl (C=O) groups excluding carboxylic acids is 1. The van der Waals surface area contributed by atoms with Gasteiger partial charge in [-0.15, -0.1) is 0 Å². The van der Waals surface area contributed by atoms with Gasteiger partial charge >= 0.3 is 0 Å². The number of aryl methyl sites for hydroxylation is 1. The molecule has 23 heavy (non-hydrogen) atoms. The van der Waals surface area contributed by atoms with Crippen molar-refractivity contribution in [1.29, 1.82) is 0 Å². The molecule has 0 atom stereocenters. The van der Waals surface area contributed by atoms with Crippen molar-refractivity contribution in [2.45, 2.75) is 64.7 Å². The Morgan fingerprint density at radius 1 is 1.00 bits per heavy atom. The van der Waals surface area contributed by atoms with Crippen molar-refractivity contribution >= 4 is 5.78 Å². The number of likely N-dealkylation sites (tertiary alicyclic amines) is 1. The van der Waals surface area contributed by atoms with E-state index in [1.165, 1.54) is 63.7 Å². The lowest BCUT2D eigenvalue weighted by Crippen LogP contribution is -2.30. The zero-order valence-corrected chi connectivity index (χ0v) is 14.7. The summed E-state index contributed by atoms with van der Waals surface area (Å²) in [5.41, 5.74) is 2.24. The molecule has 1 aromatic rings. The minimum Gasteiger partial charge on any atom is -0.303 e. The minimum atomic E-state index is 0.305. The number of hydrogen-bond donors (Lipinski definition) is 0. The zero-order chi connectivity index (χ0) is 16.3. The summed E-state index contributed by atoms with van der Waals surface area (Å²) in [6, 6.07) is 8.27. The molecule has 1 saturated heterocycles. The molecule has 0 saturated carbocycles. The number of hydrogen-bond acceptors (Lipinski definition) is 2. The molecule has 2 nitrogen and oxygen atoms in total. The van der Waals surface area contributed by atoms with Crippen LogP contribution in [0.4, 0.5) is 0 Å². The van der Waals surface area contributed by atoms with Gasteiger partial charge in [0.15, 0.2) is 5.78 Å². The SMILES string of the molecule is CCCCc1ccc(C(=O)CCCCCN2CC[CH]CC2)cc1. The molecule has 0 unspecified atom stereocenters. The zero-order valence-electron chi connectivity index (χ0n) is 14.7. The van der Waals surface area contributed by atoms with Gasteiger partial charge in [0.05, 0.1) is 0 Å². The Balaban J connectivity index is 1.60. The predicted octanol–water partition coefficient (Wildman–Crippen LogP) is 5.07. The first-order chi connectivity index (χ1) is 11.3. The van der Waals surface area contributed by atoms with Crippen LogP contribution in [-0.2, 0) is 6.42 Å². The Bertz CT molecular complexity index is 445. The van der Waals surface area contributed by atoms with E-state index in [1.54, 1.807) is 0 Å². The van der Waals surface area contributed by atoms with E-state index in [4.69, 9.17) is 0 Å². The molecule has 1 fully saturated rings. The van der Waals surface area contributed by atoms with Crippen molar-refractivity contribution in [3.63, 3.8) is 0 Å². The van der Waals surface area contributed by atoms with E-state index in [-0.39, 0.29) is 0 Å². The third-order valence-corrected chi connectivity index (χ3v) is 4.77. The lowest BCUT2D eigenvalue weighted by atomic mass is 10.0. The maximum Gasteiger partial charge on any atom is 0.162 e. The van der Waals surface area contributed by atoms with Crippen molar-refractivity contribution < 1.29 is 4.79 Å². The van der Waals surface area contributed by atoms with Crippen LogP contribution in [0.25, 0.3) is 0 Å². The van der Waals surface area contributed by atoms with Crippen molar-refractivity contribution in [3.8, 4) is 0 Å². The predicted molar refractivity (Wildman–Crippen MR) is 97.8 cm³/mol. The summed E-state index contributed by atoms with van der Waals surface area (Å²) in [4.78, 5) is 14.8. The summed E-state index contributed by atoms with van der Waals surface area (Å²) < 4.78 is 0. The van der Waals surface area contributed by atoms with Gasteiger partial charge in [0, 0.05) is 12.0 Å². The van der Waals surface area contributed by atoms with Crippen molar-refractivity contribution in [1.82, 2.24) is 4.90 Å². The highest BCUT2D eigenvalue weighted by atomic mass is 16.1. The Kier molecular flexibility index (Phi) is 8.38. The standard InChI is InChI=1S/C21H32NO/c1-2-3-10-19-12-14-20(15-13-19)21(23)11-6-4-7-16-22-17-8-5-9-18-22/h5,12-15H,2-4,6-11,16-18H2,1H3. The molecule has 1 aliphatic rings. The van der Waals surface area contributed by atoms with E-state index in [0.717, 1.165) is 18.4 Å². The maximum absolute atomic E-state index is 12.2. The van der Waals surface area contributed by atoms with Gasteiger partial charge in [-0.2, -0.15) is 0 Å². The monoisotopic (exact) mass is 314 g/mol. The van der Waals surface area contributed by atoms with Crippen LogP contribution in [0.1, 0.15) is 74.2 Å². The Morgan fingerprint density at radius 3 is 2.43 bits per heavy atom. The normalized spacial score (nSPS) is 15.7. The second kappa shape index (κ2) is 10.6. The van der Waals surface area contributed by atoms with Crippen LogP contribution < -0.4 is 0 Å². The van der Waals surface area contributed by atoms with Gasteiger partial charge in [-0.1, -0.05) is 44.0 Å². The maximum atomic E-state index is 12.2. The van der Waals surface area contributed by atoms with Crippen LogP contribution in [-0.4, -0.2) is 30.3 Å². The van der Waals surface area contributed by atoms with Gasteiger partial charge in [0.1, 0.15) is 0 Å². The number of benzene rings is 1. The Labute approximate surface area is 142 Å². The molecule has 0 N–H and O–H groups in total. The van der Waals surface area contributed by atoms with Gasteiger partial charge in [0.25, 0.3) is 0 Å². The van der Waals surface area contributed by atoms with E-state index >= 15 is 0 Å². The molecule has 0 aliphatic carbocycles. The van der Waals surface area contributed by atoms with E-state index in [9.17, 15) is 4.79 Å². The second-order valence-electron chi connectivity index (χ2n) is 6.74. The Hall–Kier alpha value is -1.15. The molecule has 1 aliphatic heterocycles. The van der Waals surface area contributed by atoms with E-state index < -0.39 is 0 Å². The molecule has 1 aromatic carbocycles. The molecule has 0 amide bonds. The van der Waals surface area contributed by atoms with Crippen LogP contribution in [0.15, 0.2) is 24.3 Å². The quantitative estimate of drug-likeness (QED) is 0.444. The fourth-order valence-corrected chi connectivity index (χ4v) is 3.21. The van der Waals surface area contributed by atoms with Crippen LogP contribution in [0.3, 0.4) is 0 Å². The van der Waals surface area contributed by atoms with Gasteiger partial charge in [-0.25, -0.2) is 0 Å². The van der Waals surface area contributed by atoms with Gasteiger partial charge in [0.2, 0.25) is 0 Å². The summed E-state index contributed by atoms with van der Waals surface area (Å²) >= 11 is 0. The van der Waals surface area contributed by atoms with Crippen LogP contribution >= 0.6 is 0 Å². The molecule has 1 heterocycles. The van der Waals surface area contributed by atoms with Crippen molar-refractivity contribution in [2.24, 2.45) is 0 Å². The van der Waals surface area contributed by atoms with Gasteiger partial charge in [-0.05, 0) is 70.1 Å². The summed E-state index contributed by atoms with van der Waals surface area (Å²) in [6.45, 7) is 5.86. The highest BCUT2D eigenvalue weighted by Crippen LogP contribution is 2.13.